The van der Waals surface area contributed by atoms with Crippen LogP contribution < -0.4 is 0 Å². The summed E-state index contributed by atoms with van der Waals surface area (Å²) in [5.74, 6) is 0.875. The van der Waals surface area contributed by atoms with Gasteiger partial charge in [-0.1, -0.05) is 18.2 Å². The molecule has 0 aliphatic rings. The van der Waals surface area contributed by atoms with Crippen LogP contribution >= 0.6 is 0 Å². The quantitative estimate of drug-likeness (QED) is 0.860. The van der Waals surface area contributed by atoms with E-state index in [-0.39, 0.29) is 0 Å². The molecule has 0 radical (unpaired) electrons. The van der Waals surface area contributed by atoms with Gasteiger partial charge in [-0.2, -0.15) is 0 Å². The van der Waals surface area contributed by atoms with Crippen molar-refractivity contribution < 1.29 is 9.52 Å². The summed E-state index contributed by atoms with van der Waals surface area (Å²) in [7, 11) is 3.88. The van der Waals surface area contributed by atoms with Crippen LogP contribution in [-0.2, 0) is 0 Å². The highest BCUT2D eigenvalue weighted by Gasteiger charge is 2.14. The molecule has 0 saturated heterocycles. The fourth-order valence-electron chi connectivity index (χ4n) is 1.92. The Morgan fingerprint density at radius 1 is 1.38 bits per heavy atom. The van der Waals surface area contributed by atoms with Crippen molar-refractivity contribution in [2.75, 3.05) is 20.6 Å². The van der Waals surface area contributed by atoms with Gasteiger partial charge in [0.25, 0.3) is 0 Å². The molecule has 3 nitrogen and oxygen atoms in total. The van der Waals surface area contributed by atoms with E-state index >= 15 is 0 Å². The molecule has 0 amide bonds. The SMILES string of the molecule is Cc1cc2cccc(C(O)CN(C)C)c2o1. The third-order valence-corrected chi connectivity index (χ3v) is 2.59. The number of likely N-dealkylation sites (N-methyl/N-ethyl adjacent to an activating group) is 1. The Balaban J connectivity index is 2.43. The van der Waals surface area contributed by atoms with Crippen molar-refractivity contribution >= 4 is 11.0 Å². The highest BCUT2D eigenvalue weighted by atomic mass is 16.3. The molecule has 1 heterocycles. The predicted molar refractivity (Wildman–Crippen MR) is 64.5 cm³/mol. The Morgan fingerprint density at radius 2 is 2.12 bits per heavy atom. The predicted octanol–water partition coefficient (Wildman–Crippen LogP) is 2.34. The van der Waals surface area contributed by atoms with E-state index in [2.05, 4.69) is 0 Å². The smallest absolute Gasteiger partial charge is 0.140 e. The summed E-state index contributed by atoms with van der Waals surface area (Å²) in [5.41, 5.74) is 1.66. The van der Waals surface area contributed by atoms with Gasteiger partial charge in [-0.25, -0.2) is 0 Å². The van der Waals surface area contributed by atoms with Gasteiger partial charge in [-0.3, -0.25) is 0 Å². The summed E-state index contributed by atoms with van der Waals surface area (Å²) in [6.45, 7) is 2.51. The molecule has 86 valence electrons. The van der Waals surface area contributed by atoms with Crippen LogP contribution in [0.2, 0.25) is 0 Å². The zero-order chi connectivity index (χ0) is 11.7. The molecule has 1 atom stereocenters. The second-order valence-corrected chi connectivity index (χ2v) is 4.40. The maximum atomic E-state index is 10.1. The molecule has 2 rings (SSSR count). The normalized spacial score (nSPS) is 13.6. The van der Waals surface area contributed by atoms with Crippen LogP contribution in [0.1, 0.15) is 17.4 Å². The summed E-state index contributed by atoms with van der Waals surface area (Å²) in [4.78, 5) is 1.96. The molecule has 0 aliphatic heterocycles. The van der Waals surface area contributed by atoms with Gasteiger partial charge in [-0.15, -0.1) is 0 Å². The van der Waals surface area contributed by atoms with Crippen LogP contribution in [0.3, 0.4) is 0 Å². The van der Waals surface area contributed by atoms with Crippen LogP contribution in [0.25, 0.3) is 11.0 Å². The second-order valence-electron chi connectivity index (χ2n) is 4.40. The number of hydrogen-bond acceptors (Lipinski definition) is 3. The number of para-hydroxylation sites is 1. The van der Waals surface area contributed by atoms with Crippen LogP contribution in [-0.4, -0.2) is 30.6 Å². The minimum Gasteiger partial charge on any atom is -0.461 e. The van der Waals surface area contributed by atoms with E-state index in [1.807, 2.05) is 50.2 Å². The highest BCUT2D eigenvalue weighted by Crippen LogP contribution is 2.27. The average Bonchev–Trinajstić information content (AvgIpc) is 2.55. The zero-order valence-electron chi connectivity index (χ0n) is 9.90. The number of rotatable bonds is 3. The van der Waals surface area contributed by atoms with Crippen molar-refractivity contribution in [3.8, 4) is 0 Å². The molecule has 0 saturated carbocycles. The summed E-state index contributed by atoms with van der Waals surface area (Å²) in [6.07, 6.45) is -0.510. The van der Waals surface area contributed by atoms with Crippen molar-refractivity contribution in [3.05, 3.63) is 35.6 Å². The number of aryl methyl sites for hydroxylation is 1. The maximum absolute atomic E-state index is 10.1. The lowest BCUT2D eigenvalue weighted by Gasteiger charge is -2.16. The molecule has 1 N–H and O–H groups in total. The summed E-state index contributed by atoms with van der Waals surface area (Å²) in [6, 6.07) is 7.85. The Kier molecular flexibility index (Phi) is 2.99. The first-order valence-corrected chi connectivity index (χ1v) is 5.40. The van der Waals surface area contributed by atoms with Gasteiger partial charge in [0.2, 0.25) is 0 Å². The number of fused-ring (bicyclic) bond motifs is 1. The van der Waals surface area contributed by atoms with E-state index in [1.54, 1.807) is 0 Å². The van der Waals surface area contributed by atoms with Crippen LogP contribution in [0.5, 0.6) is 0 Å². The molecule has 3 heteroatoms. The number of aliphatic hydroxyl groups excluding tert-OH is 1. The van der Waals surface area contributed by atoms with Crippen LogP contribution in [0.15, 0.2) is 28.7 Å². The average molecular weight is 219 g/mol. The van der Waals surface area contributed by atoms with Crippen molar-refractivity contribution in [2.24, 2.45) is 0 Å². The van der Waals surface area contributed by atoms with E-state index in [4.69, 9.17) is 4.42 Å². The van der Waals surface area contributed by atoms with Crippen molar-refractivity contribution in [1.29, 1.82) is 0 Å². The Labute approximate surface area is 95.3 Å². The number of hydrogen-bond donors (Lipinski definition) is 1. The monoisotopic (exact) mass is 219 g/mol. The van der Waals surface area contributed by atoms with Crippen molar-refractivity contribution in [2.45, 2.75) is 13.0 Å². The highest BCUT2D eigenvalue weighted by molar-refractivity contribution is 5.81. The third kappa shape index (κ3) is 2.10. The molecule has 0 aliphatic carbocycles. The lowest BCUT2D eigenvalue weighted by Crippen LogP contribution is -2.20. The molecule has 2 aromatic rings. The lowest BCUT2D eigenvalue weighted by molar-refractivity contribution is 0.138. The zero-order valence-corrected chi connectivity index (χ0v) is 9.90. The molecule has 16 heavy (non-hydrogen) atoms. The first-order valence-electron chi connectivity index (χ1n) is 5.40. The van der Waals surface area contributed by atoms with E-state index in [1.165, 1.54) is 0 Å². The maximum Gasteiger partial charge on any atom is 0.140 e. The van der Waals surface area contributed by atoms with Gasteiger partial charge >= 0.3 is 0 Å². The Hall–Kier alpha value is -1.32. The third-order valence-electron chi connectivity index (χ3n) is 2.59. The van der Waals surface area contributed by atoms with Gasteiger partial charge in [0, 0.05) is 17.5 Å². The molecular formula is C13H17NO2. The van der Waals surface area contributed by atoms with Gasteiger partial charge in [-0.05, 0) is 27.1 Å². The standard InChI is InChI=1S/C13H17NO2/c1-9-7-10-5-4-6-11(13(10)16-9)12(15)8-14(2)3/h4-7,12,15H,8H2,1-3H3. The number of furan rings is 1. The first kappa shape index (κ1) is 11.2. The largest absolute Gasteiger partial charge is 0.461 e. The fourth-order valence-corrected chi connectivity index (χ4v) is 1.92. The number of aliphatic hydroxyl groups is 1. The van der Waals surface area contributed by atoms with Gasteiger partial charge < -0.3 is 14.4 Å². The van der Waals surface area contributed by atoms with Crippen molar-refractivity contribution in [1.82, 2.24) is 4.90 Å². The second kappa shape index (κ2) is 4.28. The van der Waals surface area contributed by atoms with Crippen LogP contribution in [0.4, 0.5) is 0 Å². The first-order chi connectivity index (χ1) is 7.58. The molecule has 1 unspecified atom stereocenters. The molecular weight excluding hydrogens is 202 g/mol. The molecule has 0 fully saturated rings. The Bertz CT molecular complexity index is 488. The topological polar surface area (TPSA) is 36.6 Å². The summed E-state index contributed by atoms with van der Waals surface area (Å²) < 4.78 is 5.62. The number of benzene rings is 1. The molecule has 1 aromatic carbocycles. The minimum absolute atomic E-state index is 0.510. The molecule has 1 aromatic heterocycles. The molecule has 0 spiro atoms. The van der Waals surface area contributed by atoms with E-state index in [9.17, 15) is 5.11 Å². The van der Waals surface area contributed by atoms with E-state index < -0.39 is 6.10 Å². The van der Waals surface area contributed by atoms with Gasteiger partial charge in [0.15, 0.2) is 0 Å². The van der Waals surface area contributed by atoms with Crippen molar-refractivity contribution in [3.63, 3.8) is 0 Å². The Morgan fingerprint density at radius 3 is 2.81 bits per heavy atom. The van der Waals surface area contributed by atoms with Gasteiger partial charge in [0.05, 0.1) is 6.10 Å². The number of nitrogens with zero attached hydrogens (tertiary/aromatic N) is 1. The fraction of sp³-hybridized carbons (Fsp3) is 0.385. The summed E-state index contributed by atoms with van der Waals surface area (Å²) >= 11 is 0. The lowest BCUT2D eigenvalue weighted by atomic mass is 10.1. The summed E-state index contributed by atoms with van der Waals surface area (Å²) in [5, 5.41) is 11.1. The minimum atomic E-state index is -0.510. The van der Waals surface area contributed by atoms with E-state index in [0.717, 1.165) is 22.3 Å². The van der Waals surface area contributed by atoms with Gasteiger partial charge in [0.1, 0.15) is 11.3 Å². The van der Waals surface area contributed by atoms with Crippen LogP contribution in [0, 0.1) is 6.92 Å². The van der Waals surface area contributed by atoms with E-state index in [0.29, 0.717) is 6.54 Å². The molecule has 0 bridgehead atoms.